The van der Waals surface area contributed by atoms with E-state index in [1.165, 1.54) is 0 Å². The lowest BCUT2D eigenvalue weighted by Crippen LogP contribution is -2.34. The first-order valence-corrected chi connectivity index (χ1v) is 7.66. The van der Waals surface area contributed by atoms with Crippen molar-refractivity contribution >= 4 is 17.8 Å². The number of hydrogen-bond acceptors (Lipinski definition) is 4. The molecule has 0 spiro atoms. The molecule has 5 nitrogen and oxygen atoms in total. The van der Waals surface area contributed by atoms with Crippen LogP contribution in [0.25, 0.3) is 0 Å². The van der Waals surface area contributed by atoms with Crippen LogP contribution in [-0.4, -0.2) is 24.4 Å². The Morgan fingerprint density at radius 1 is 0.958 bits per heavy atom. The minimum absolute atomic E-state index is 0.00675. The number of benzene rings is 2. The summed E-state index contributed by atoms with van der Waals surface area (Å²) in [6, 6.07) is 17.9. The molecule has 2 rings (SSSR count). The average molecular weight is 325 g/mol. The van der Waals surface area contributed by atoms with Gasteiger partial charge in [0.2, 0.25) is 0 Å². The van der Waals surface area contributed by atoms with Crippen molar-refractivity contribution in [2.24, 2.45) is 0 Å². The Morgan fingerprint density at radius 3 is 2.17 bits per heavy atom. The summed E-state index contributed by atoms with van der Waals surface area (Å²) in [6.07, 6.45) is 0.171. The van der Waals surface area contributed by atoms with Crippen LogP contribution in [0.15, 0.2) is 60.7 Å². The lowest BCUT2D eigenvalue weighted by Gasteiger charge is -2.11. The molecule has 24 heavy (non-hydrogen) atoms. The van der Waals surface area contributed by atoms with E-state index in [0.29, 0.717) is 5.56 Å². The van der Waals surface area contributed by atoms with Crippen LogP contribution in [-0.2, 0) is 14.3 Å². The SMILES string of the molecule is C[C@@H](CC(=O)OCC(=O)NC(=O)c1ccccc1)c1ccccc1. The van der Waals surface area contributed by atoms with Crippen LogP contribution in [0.5, 0.6) is 0 Å². The molecule has 0 unspecified atom stereocenters. The number of amides is 2. The molecule has 0 aliphatic carbocycles. The minimum Gasteiger partial charge on any atom is -0.456 e. The first-order chi connectivity index (χ1) is 11.6. The molecule has 5 heteroatoms. The van der Waals surface area contributed by atoms with E-state index in [1.54, 1.807) is 30.3 Å². The molecule has 0 aliphatic heterocycles. The second-order valence-corrected chi connectivity index (χ2v) is 5.42. The highest BCUT2D eigenvalue weighted by Crippen LogP contribution is 2.18. The molecule has 0 fully saturated rings. The number of nitrogens with one attached hydrogen (secondary N) is 1. The zero-order valence-electron chi connectivity index (χ0n) is 13.4. The molecule has 124 valence electrons. The van der Waals surface area contributed by atoms with Gasteiger partial charge in [0.05, 0.1) is 6.42 Å². The molecule has 0 aromatic heterocycles. The minimum atomic E-state index is -0.649. The Morgan fingerprint density at radius 2 is 1.54 bits per heavy atom. The second-order valence-electron chi connectivity index (χ2n) is 5.42. The molecule has 2 amide bonds. The van der Waals surface area contributed by atoms with E-state index >= 15 is 0 Å². The summed E-state index contributed by atoms with van der Waals surface area (Å²) in [4.78, 5) is 35.3. The van der Waals surface area contributed by atoms with Gasteiger partial charge >= 0.3 is 5.97 Å². The molecular weight excluding hydrogens is 306 g/mol. The van der Waals surface area contributed by atoms with Crippen molar-refractivity contribution in [1.29, 1.82) is 0 Å². The molecule has 0 heterocycles. The number of ether oxygens (including phenoxy) is 1. The first-order valence-electron chi connectivity index (χ1n) is 7.66. The molecule has 0 saturated carbocycles. The fraction of sp³-hybridized carbons (Fsp3) is 0.211. The van der Waals surface area contributed by atoms with Crippen molar-refractivity contribution in [3.63, 3.8) is 0 Å². The van der Waals surface area contributed by atoms with Crippen molar-refractivity contribution in [3.05, 3.63) is 71.8 Å². The van der Waals surface area contributed by atoms with Crippen molar-refractivity contribution in [2.75, 3.05) is 6.61 Å². The van der Waals surface area contributed by atoms with Crippen LogP contribution >= 0.6 is 0 Å². The van der Waals surface area contributed by atoms with E-state index in [1.807, 2.05) is 37.3 Å². The highest BCUT2D eigenvalue weighted by atomic mass is 16.5. The summed E-state index contributed by atoms with van der Waals surface area (Å²) in [7, 11) is 0. The van der Waals surface area contributed by atoms with Gasteiger partial charge < -0.3 is 4.74 Å². The molecule has 0 aliphatic rings. The monoisotopic (exact) mass is 325 g/mol. The normalized spacial score (nSPS) is 11.4. The molecule has 0 radical (unpaired) electrons. The molecule has 0 saturated heterocycles. The van der Waals surface area contributed by atoms with Gasteiger partial charge in [-0.3, -0.25) is 19.7 Å². The summed E-state index contributed by atoms with van der Waals surface area (Å²) in [5, 5.41) is 2.18. The Kier molecular flexibility index (Phi) is 6.25. The summed E-state index contributed by atoms with van der Waals surface area (Å²) < 4.78 is 4.93. The van der Waals surface area contributed by atoms with Gasteiger partial charge in [0.1, 0.15) is 0 Å². The predicted octanol–water partition coefficient (Wildman–Crippen LogP) is 2.68. The molecule has 0 bridgehead atoms. The van der Waals surface area contributed by atoms with E-state index in [-0.39, 0.29) is 12.3 Å². The second kappa shape index (κ2) is 8.62. The van der Waals surface area contributed by atoms with E-state index < -0.39 is 24.4 Å². The molecule has 2 aromatic carbocycles. The Bertz CT molecular complexity index is 698. The van der Waals surface area contributed by atoms with Gasteiger partial charge in [0, 0.05) is 5.56 Å². The topological polar surface area (TPSA) is 72.5 Å². The van der Waals surface area contributed by atoms with E-state index in [0.717, 1.165) is 5.56 Å². The molecule has 1 atom stereocenters. The largest absolute Gasteiger partial charge is 0.456 e. The molecular formula is C19H19NO4. The Balaban J connectivity index is 1.75. The van der Waals surface area contributed by atoms with Gasteiger partial charge in [-0.1, -0.05) is 55.5 Å². The van der Waals surface area contributed by atoms with Gasteiger partial charge in [-0.2, -0.15) is 0 Å². The first kappa shape index (κ1) is 17.4. The number of carbonyl (C=O) groups is 3. The summed E-state index contributed by atoms with van der Waals surface area (Å²) in [6.45, 7) is 1.44. The van der Waals surface area contributed by atoms with Crippen molar-refractivity contribution < 1.29 is 19.1 Å². The third-order valence-electron chi connectivity index (χ3n) is 3.49. The third kappa shape index (κ3) is 5.35. The van der Waals surface area contributed by atoms with Crippen LogP contribution in [0.1, 0.15) is 35.2 Å². The Hall–Kier alpha value is -2.95. The van der Waals surface area contributed by atoms with Crippen LogP contribution in [0, 0.1) is 0 Å². The maximum atomic E-state index is 11.8. The quantitative estimate of drug-likeness (QED) is 0.829. The van der Waals surface area contributed by atoms with Crippen molar-refractivity contribution in [1.82, 2.24) is 5.32 Å². The fourth-order valence-electron chi connectivity index (χ4n) is 2.18. The van der Waals surface area contributed by atoms with Crippen molar-refractivity contribution in [2.45, 2.75) is 19.3 Å². The summed E-state index contributed by atoms with van der Waals surface area (Å²) in [5.41, 5.74) is 1.40. The average Bonchev–Trinajstić information content (AvgIpc) is 2.61. The van der Waals surface area contributed by atoms with Gasteiger partial charge in [0.15, 0.2) is 6.61 Å². The van der Waals surface area contributed by atoms with Crippen LogP contribution in [0.2, 0.25) is 0 Å². The van der Waals surface area contributed by atoms with Gasteiger partial charge in [-0.15, -0.1) is 0 Å². The number of imide groups is 1. The number of hydrogen-bond donors (Lipinski definition) is 1. The summed E-state index contributed by atoms with van der Waals surface area (Å²) in [5.74, 6) is -1.65. The third-order valence-corrected chi connectivity index (χ3v) is 3.49. The van der Waals surface area contributed by atoms with E-state index in [9.17, 15) is 14.4 Å². The highest BCUT2D eigenvalue weighted by Gasteiger charge is 2.15. The Labute approximate surface area is 140 Å². The maximum Gasteiger partial charge on any atom is 0.306 e. The highest BCUT2D eigenvalue weighted by molar-refractivity contribution is 6.05. The molecule has 1 N–H and O–H groups in total. The van der Waals surface area contributed by atoms with E-state index in [4.69, 9.17) is 4.74 Å². The fourth-order valence-corrected chi connectivity index (χ4v) is 2.18. The van der Waals surface area contributed by atoms with Crippen molar-refractivity contribution in [3.8, 4) is 0 Å². The van der Waals surface area contributed by atoms with E-state index in [2.05, 4.69) is 5.32 Å². The van der Waals surface area contributed by atoms with Crippen LogP contribution in [0.4, 0.5) is 0 Å². The van der Waals surface area contributed by atoms with Crippen LogP contribution in [0.3, 0.4) is 0 Å². The standard InChI is InChI=1S/C19H19NO4/c1-14(15-8-4-2-5-9-15)12-18(22)24-13-17(21)20-19(23)16-10-6-3-7-11-16/h2-11,14H,12-13H2,1H3,(H,20,21,23)/t14-/m0/s1. The van der Waals surface area contributed by atoms with Gasteiger partial charge in [-0.25, -0.2) is 0 Å². The number of carbonyl (C=O) groups excluding carboxylic acids is 3. The summed E-state index contributed by atoms with van der Waals surface area (Å²) >= 11 is 0. The molecule has 2 aromatic rings. The number of rotatable bonds is 6. The van der Waals surface area contributed by atoms with Gasteiger partial charge in [-0.05, 0) is 23.6 Å². The van der Waals surface area contributed by atoms with Gasteiger partial charge in [0.25, 0.3) is 11.8 Å². The zero-order valence-corrected chi connectivity index (χ0v) is 13.4. The zero-order chi connectivity index (χ0) is 17.4. The lowest BCUT2D eigenvalue weighted by molar-refractivity contribution is -0.148. The lowest BCUT2D eigenvalue weighted by atomic mass is 9.98. The maximum absolute atomic E-state index is 11.8. The predicted molar refractivity (Wildman–Crippen MR) is 89.3 cm³/mol. The number of esters is 1. The van der Waals surface area contributed by atoms with Crippen LogP contribution < -0.4 is 5.32 Å². The smallest absolute Gasteiger partial charge is 0.306 e.